The molecular formula is C8H4BrI2N3. The Morgan fingerprint density at radius 3 is 2.50 bits per heavy atom. The van der Waals surface area contributed by atoms with Crippen LogP contribution in [-0.4, -0.2) is 14.5 Å². The first-order valence-corrected chi connectivity index (χ1v) is 6.64. The molecule has 3 nitrogen and oxygen atoms in total. The maximum Gasteiger partial charge on any atom is 0.138 e. The molecule has 0 amide bonds. The van der Waals surface area contributed by atoms with Crippen molar-refractivity contribution in [3.05, 3.63) is 36.5 Å². The lowest BCUT2D eigenvalue weighted by molar-refractivity contribution is 0.967. The number of aromatic nitrogens is 3. The Morgan fingerprint density at radius 2 is 2.00 bits per heavy atom. The number of halogens is 3. The maximum atomic E-state index is 4.29. The van der Waals surface area contributed by atoms with E-state index in [0.29, 0.717) is 0 Å². The molecule has 2 rings (SSSR count). The van der Waals surface area contributed by atoms with Crippen LogP contribution in [0.15, 0.2) is 29.1 Å². The molecule has 0 atom stereocenters. The summed E-state index contributed by atoms with van der Waals surface area (Å²) in [6.07, 6.45) is 3.55. The van der Waals surface area contributed by atoms with Crippen LogP contribution in [0.4, 0.5) is 0 Å². The van der Waals surface area contributed by atoms with Crippen LogP contribution in [0.1, 0.15) is 0 Å². The second kappa shape index (κ2) is 4.44. The molecule has 0 aliphatic heterocycles. The van der Waals surface area contributed by atoms with E-state index < -0.39 is 0 Å². The highest BCUT2D eigenvalue weighted by Gasteiger charge is 2.06. The number of nitrogens with zero attached hydrogens (tertiary/aromatic N) is 3. The summed E-state index contributed by atoms with van der Waals surface area (Å²) in [6.45, 7) is 0. The lowest BCUT2D eigenvalue weighted by Gasteiger charge is -2.02. The predicted octanol–water partition coefficient (Wildman–Crippen LogP) is 3.24. The fourth-order valence-corrected chi connectivity index (χ4v) is 2.11. The summed E-state index contributed by atoms with van der Waals surface area (Å²) < 4.78 is 5.01. The molecule has 0 spiro atoms. The predicted molar refractivity (Wildman–Crippen MR) is 74.5 cm³/mol. The third-order valence-electron chi connectivity index (χ3n) is 1.63. The molecule has 0 N–H and O–H groups in total. The van der Waals surface area contributed by atoms with E-state index >= 15 is 0 Å². The first-order valence-electron chi connectivity index (χ1n) is 3.69. The van der Waals surface area contributed by atoms with Gasteiger partial charge in [-0.2, -0.15) is 0 Å². The van der Waals surface area contributed by atoms with Gasteiger partial charge in [-0.05, 0) is 73.2 Å². The molecule has 6 heteroatoms. The van der Waals surface area contributed by atoms with Crippen molar-refractivity contribution in [2.75, 3.05) is 0 Å². The lowest BCUT2D eigenvalue weighted by atomic mass is 10.4. The van der Waals surface area contributed by atoms with Crippen molar-refractivity contribution in [3.8, 4) is 5.82 Å². The Hall–Kier alpha value is 0.300. The molecule has 2 aromatic rings. The summed E-state index contributed by atoms with van der Waals surface area (Å²) in [7, 11) is 0. The molecule has 0 saturated carbocycles. The van der Waals surface area contributed by atoms with Crippen LogP contribution >= 0.6 is 61.1 Å². The molecular weight excluding hydrogens is 472 g/mol. The summed E-state index contributed by atoms with van der Waals surface area (Å²) >= 11 is 7.81. The molecule has 72 valence electrons. The van der Waals surface area contributed by atoms with Crippen molar-refractivity contribution in [2.24, 2.45) is 0 Å². The number of imidazole rings is 1. The Bertz CT molecular complexity index is 452. The monoisotopic (exact) mass is 475 g/mol. The number of rotatable bonds is 1. The van der Waals surface area contributed by atoms with Crippen LogP contribution in [0.5, 0.6) is 0 Å². The van der Waals surface area contributed by atoms with Crippen molar-refractivity contribution in [1.29, 1.82) is 0 Å². The molecule has 0 radical (unpaired) electrons. The molecule has 0 aromatic carbocycles. The molecule has 0 saturated heterocycles. The van der Waals surface area contributed by atoms with Gasteiger partial charge in [0.2, 0.25) is 0 Å². The standard InChI is InChI=1S/C8H4BrI2N3/c9-5-1-2-6(12-3-5)14-4-13-7(10)8(14)11/h1-4H. The van der Waals surface area contributed by atoms with Gasteiger partial charge in [-0.3, -0.25) is 4.57 Å². The highest BCUT2D eigenvalue weighted by Crippen LogP contribution is 2.18. The van der Waals surface area contributed by atoms with Gasteiger partial charge in [0, 0.05) is 10.7 Å². The van der Waals surface area contributed by atoms with E-state index in [4.69, 9.17) is 0 Å². The van der Waals surface area contributed by atoms with Gasteiger partial charge in [0.1, 0.15) is 19.5 Å². The average molecular weight is 476 g/mol. The summed E-state index contributed by atoms with van der Waals surface area (Å²) in [6, 6.07) is 3.91. The van der Waals surface area contributed by atoms with Gasteiger partial charge < -0.3 is 0 Å². The van der Waals surface area contributed by atoms with Gasteiger partial charge in [0.05, 0.1) is 0 Å². The topological polar surface area (TPSA) is 30.7 Å². The van der Waals surface area contributed by atoms with E-state index in [1.54, 1.807) is 12.5 Å². The van der Waals surface area contributed by atoms with Crippen molar-refractivity contribution < 1.29 is 0 Å². The zero-order valence-electron chi connectivity index (χ0n) is 6.78. The van der Waals surface area contributed by atoms with Gasteiger partial charge in [0.15, 0.2) is 0 Å². The minimum absolute atomic E-state index is 0.882. The Labute approximate surface area is 117 Å². The third kappa shape index (κ3) is 2.11. The lowest BCUT2D eigenvalue weighted by Crippen LogP contribution is -1.97. The van der Waals surface area contributed by atoms with Gasteiger partial charge in [-0.1, -0.05) is 0 Å². The fourth-order valence-electron chi connectivity index (χ4n) is 0.982. The van der Waals surface area contributed by atoms with E-state index in [0.717, 1.165) is 17.7 Å². The van der Waals surface area contributed by atoms with Crippen LogP contribution < -0.4 is 0 Å². The molecule has 0 bridgehead atoms. The highest BCUT2D eigenvalue weighted by molar-refractivity contribution is 14.1. The Kier molecular flexibility index (Phi) is 3.42. The minimum atomic E-state index is 0.882. The molecule has 2 aromatic heterocycles. The SMILES string of the molecule is Brc1ccc(-n2cnc(I)c2I)nc1. The zero-order chi connectivity index (χ0) is 10.1. The number of hydrogen-bond acceptors (Lipinski definition) is 2. The number of hydrogen-bond donors (Lipinski definition) is 0. The minimum Gasteiger partial charge on any atom is -0.277 e. The summed E-state index contributed by atoms with van der Waals surface area (Å²) in [5.41, 5.74) is 0. The van der Waals surface area contributed by atoms with E-state index in [1.807, 2.05) is 16.7 Å². The highest BCUT2D eigenvalue weighted by atomic mass is 127. The van der Waals surface area contributed by atoms with Crippen molar-refractivity contribution in [3.63, 3.8) is 0 Å². The molecule has 0 aliphatic rings. The average Bonchev–Trinajstić information content (AvgIpc) is 2.50. The van der Waals surface area contributed by atoms with E-state index in [9.17, 15) is 0 Å². The van der Waals surface area contributed by atoms with Crippen LogP contribution in [0, 0.1) is 7.40 Å². The zero-order valence-corrected chi connectivity index (χ0v) is 12.7. The van der Waals surface area contributed by atoms with Gasteiger partial charge in [-0.15, -0.1) is 0 Å². The molecule has 0 unspecified atom stereocenters. The molecule has 0 fully saturated rings. The van der Waals surface area contributed by atoms with Crippen LogP contribution in [0.3, 0.4) is 0 Å². The number of pyridine rings is 1. The smallest absolute Gasteiger partial charge is 0.138 e. The van der Waals surface area contributed by atoms with Gasteiger partial charge in [0.25, 0.3) is 0 Å². The third-order valence-corrected chi connectivity index (χ3v) is 4.95. The molecule has 2 heterocycles. The summed E-state index contributed by atoms with van der Waals surface area (Å²) in [5, 5.41) is 0. The van der Waals surface area contributed by atoms with E-state index in [2.05, 4.69) is 71.1 Å². The quantitative estimate of drug-likeness (QED) is 0.593. The van der Waals surface area contributed by atoms with Crippen LogP contribution in [-0.2, 0) is 0 Å². The van der Waals surface area contributed by atoms with Gasteiger partial charge in [-0.25, -0.2) is 9.97 Å². The second-order valence-corrected chi connectivity index (χ2v) is 5.49. The van der Waals surface area contributed by atoms with E-state index in [1.165, 1.54) is 0 Å². The second-order valence-electron chi connectivity index (χ2n) is 2.53. The molecule has 0 aliphatic carbocycles. The molecule has 14 heavy (non-hydrogen) atoms. The van der Waals surface area contributed by atoms with Crippen molar-refractivity contribution >= 4 is 61.1 Å². The largest absolute Gasteiger partial charge is 0.277 e. The summed E-state index contributed by atoms with van der Waals surface area (Å²) in [4.78, 5) is 8.50. The van der Waals surface area contributed by atoms with Gasteiger partial charge >= 0.3 is 0 Å². The van der Waals surface area contributed by atoms with Crippen LogP contribution in [0.2, 0.25) is 0 Å². The first kappa shape index (κ1) is 10.8. The maximum absolute atomic E-state index is 4.29. The van der Waals surface area contributed by atoms with Crippen LogP contribution in [0.25, 0.3) is 5.82 Å². The Balaban J connectivity index is 2.49. The normalized spacial score (nSPS) is 10.5. The summed E-state index contributed by atoms with van der Waals surface area (Å²) in [5.74, 6) is 0.882. The Morgan fingerprint density at radius 1 is 1.21 bits per heavy atom. The first-order chi connectivity index (χ1) is 6.68. The van der Waals surface area contributed by atoms with Crippen molar-refractivity contribution in [1.82, 2.24) is 14.5 Å². The van der Waals surface area contributed by atoms with Crippen molar-refractivity contribution in [2.45, 2.75) is 0 Å². The fraction of sp³-hybridized carbons (Fsp3) is 0. The van der Waals surface area contributed by atoms with E-state index in [-0.39, 0.29) is 0 Å².